The van der Waals surface area contributed by atoms with Gasteiger partial charge in [0.05, 0.1) is 0 Å². The quantitative estimate of drug-likeness (QED) is 0.0207. The molecule has 412 valence electrons. The molecular weight excluding hydrogens is 944 g/mol. The molecule has 0 bridgehead atoms. The van der Waals surface area contributed by atoms with Crippen molar-refractivity contribution in [2.24, 2.45) is 34.4 Å². The fourth-order valence-corrected chi connectivity index (χ4v) is 8.68. The summed E-state index contributed by atoms with van der Waals surface area (Å²) >= 11 is 5.87. The predicted octanol–water partition coefficient (Wildman–Crippen LogP) is 9.80. The summed E-state index contributed by atoms with van der Waals surface area (Å²) in [5, 5.41) is 8.59. The smallest absolute Gasteiger partial charge is 0.280 e. The van der Waals surface area contributed by atoms with Crippen molar-refractivity contribution in [3.05, 3.63) is 40.7 Å². The van der Waals surface area contributed by atoms with Crippen molar-refractivity contribution in [2.75, 3.05) is 57.3 Å². The summed E-state index contributed by atoms with van der Waals surface area (Å²) in [5.74, 6) is 0.807. The van der Waals surface area contributed by atoms with Gasteiger partial charge in [-0.25, -0.2) is 9.97 Å². The van der Waals surface area contributed by atoms with Gasteiger partial charge in [0.25, 0.3) is 5.91 Å². The number of aliphatic imine (C=N–C) groups is 1. The second-order valence-electron chi connectivity index (χ2n) is 20.2. The molecule has 17 heteroatoms. The summed E-state index contributed by atoms with van der Waals surface area (Å²) in [6.07, 6.45) is 21.4. The number of halogens is 1. The number of carbonyl (C=O) groups is 5. The normalized spacial score (nSPS) is 13.3. The molecule has 1 aromatic carbocycles. The number of hydrogen-bond acceptors (Lipinski definition) is 12. The Morgan fingerprint density at radius 2 is 1.14 bits per heavy atom. The summed E-state index contributed by atoms with van der Waals surface area (Å²) in [6, 6.07) is 8.05. The minimum Gasteiger partial charge on any atom is -0.492 e. The van der Waals surface area contributed by atoms with E-state index < -0.39 is 5.91 Å². The molecule has 0 fully saturated rings. The lowest BCUT2D eigenvalue weighted by atomic mass is 9.94. The number of anilines is 2. The number of benzene rings is 1. The van der Waals surface area contributed by atoms with Crippen molar-refractivity contribution in [1.82, 2.24) is 30.8 Å². The van der Waals surface area contributed by atoms with Gasteiger partial charge >= 0.3 is 0 Å². The SMILES string of the molecule is CCCCC[C@H](C)C(=O)CCCCC[C@H](C)C(=O)NCCCN(CCCNC(=O)[C@@H](C)CCCCCC(=O)[C@@H](C)CCCCC)CCOc1ccc(CCCCN=C(N)NC(=O)c2nc(Cl)c(N)nc2N)cc1. The van der Waals surface area contributed by atoms with Gasteiger partial charge in [-0.05, 0) is 101 Å². The van der Waals surface area contributed by atoms with E-state index in [1.807, 2.05) is 26.0 Å². The van der Waals surface area contributed by atoms with E-state index in [1.54, 1.807) is 0 Å². The number of nitrogen functional groups attached to an aromatic ring is 2. The molecule has 0 aliphatic heterocycles. The van der Waals surface area contributed by atoms with Crippen LogP contribution in [0.25, 0.3) is 0 Å². The van der Waals surface area contributed by atoms with Crippen LogP contribution in [0.5, 0.6) is 5.75 Å². The number of rotatable bonds is 42. The third kappa shape index (κ3) is 29.0. The number of aromatic nitrogens is 2. The summed E-state index contributed by atoms with van der Waals surface area (Å²) in [4.78, 5) is 77.6. The van der Waals surface area contributed by atoms with E-state index in [1.165, 1.54) is 25.7 Å². The molecule has 0 saturated carbocycles. The highest BCUT2D eigenvalue weighted by Crippen LogP contribution is 2.20. The summed E-state index contributed by atoms with van der Waals surface area (Å²) < 4.78 is 6.18. The number of guanidine groups is 1. The molecule has 0 radical (unpaired) electrons. The third-order valence-corrected chi connectivity index (χ3v) is 13.9. The molecule has 0 spiro atoms. The second-order valence-corrected chi connectivity index (χ2v) is 20.5. The average Bonchev–Trinajstić information content (AvgIpc) is 3.36. The highest BCUT2D eigenvalue weighted by atomic mass is 35.5. The van der Waals surface area contributed by atoms with Gasteiger partial charge in [0.1, 0.15) is 23.9 Å². The lowest BCUT2D eigenvalue weighted by Gasteiger charge is -2.23. The Morgan fingerprint density at radius 3 is 1.66 bits per heavy atom. The molecule has 0 saturated heterocycles. The summed E-state index contributed by atoms with van der Waals surface area (Å²) in [7, 11) is 0. The van der Waals surface area contributed by atoms with Crippen LogP contribution in [0.15, 0.2) is 29.3 Å². The molecule has 0 aliphatic carbocycles. The van der Waals surface area contributed by atoms with E-state index in [0.717, 1.165) is 134 Å². The Bertz CT molecular complexity index is 1870. The lowest BCUT2D eigenvalue weighted by Crippen LogP contribution is -2.38. The Labute approximate surface area is 443 Å². The van der Waals surface area contributed by atoms with Crippen LogP contribution >= 0.6 is 11.6 Å². The minimum atomic E-state index is -0.682. The number of Topliss-reactive ketones (excluding diaryl/α,β-unsaturated/α-hetero) is 2. The van der Waals surface area contributed by atoms with E-state index in [4.69, 9.17) is 33.5 Å². The number of nitrogens with two attached hydrogens (primary N) is 3. The van der Waals surface area contributed by atoms with E-state index >= 15 is 0 Å². The first-order valence-electron chi connectivity index (χ1n) is 27.8. The molecule has 0 aliphatic rings. The van der Waals surface area contributed by atoms with E-state index in [-0.39, 0.29) is 63.9 Å². The molecule has 2 rings (SSSR count). The number of nitrogens with zero attached hydrogens (tertiary/aromatic N) is 4. The predicted molar refractivity (Wildman–Crippen MR) is 298 cm³/mol. The third-order valence-electron chi connectivity index (χ3n) is 13.6. The van der Waals surface area contributed by atoms with Crippen LogP contribution < -0.4 is 37.9 Å². The Hall–Kier alpha value is -4.83. The van der Waals surface area contributed by atoms with Crippen molar-refractivity contribution in [3.8, 4) is 5.75 Å². The van der Waals surface area contributed by atoms with Gasteiger partial charge in [-0.2, -0.15) is 0 Å². The van der Waals surface area contributed by atoms with Crippen LogP contribution in [0.4, 0.5) is 11.6 Å². The van der Waals surface area contributed by atoms with Crippen molar-refractivity contribution >= 4 is 58.5 Å². The van der Waals surface area contributed by atoms with E-state index in [9.17, 15) is 24.0 Å². The molecular formula is C56H95ClN10O6. The molecule has 1 aromatic heterocycles. The largest absolute Gasteiger partial charge is 0.492 e. The number of ether oxygens (including phenoxy) is 1. The highest BCUT2D eigenvalue weighted by molar-refractivity contribution is 6.31. The first-order valence-corrected chi connectivity index (χ1v) is 28.2. The van der Waals surface area contributed by atoms with Crippen LogP contribution in [0, 0.1) is 23.7 Å². The minimum absolute atomic E-state index is 0.0645. The van der Waals surface area contributed by atoms with Gasteiger partial charge in [-0.1, -0.05) is 129 Å². The topological polar surface area (TPSA) is 250 Å². The fourth-order valence-electron chi connectivity index (χ4n) is 8.55. The van der Waals surface area contributed by atoms with E-state index in [2.05, 4.69) is 75.6 Å². The average molecular weight is 1040 g/mol. The Kier molecular flexibility index (Phi) is 34.1. The summed E-state index contributed by atoms with van der Waals surface area (Å²) in [5.41, 5.74) is 18.2. The van der Waals surface area contributed by atoms with E-state index in [0.29, 0.717) is 57.2 Å². The number of ketones is 2. The zero-order valence-corrected chi connectivity index (χ0v) is 46.4. The van der Waals surface area contributed by atoms with Crippen LogP contribution in [-0.4, -0.2) is 96.0 Å². The van der Waals surface area contributed by atoms with Gasteiger partial charge in [0.15, 0.2) is 28.4 Å². The first-order chi connectivity index (χ1) is 35.1. The van der Waals surface area contributed by atoms with Crippen LogP contribution in [-0.2, 0) is 25.6 Å². The maximum absolute atomic E-state index is 13.0. The molecule has 4 atom stereocenters. The number of aryl methyl sites for hydroxylation is 1. The number of nitrogens with one attached hydrogen (secondary N) is 3. The molecule has 2 aromatic rings. The Morgan fingerprint density at radius 1 is 0.630 bits per heavy atom. The van der Waals surface area contributed by atoms with Crippen LogP contribution in [0.1, 0.15) is 199 Å². The molecule has 3 amide bonds. The monoisotopic (exact) mass is 1040 g/mol. The second kappa shape index (κ2) is 38.7. The molecule has 73 heavy (non-hydrogen) atoms. The highest BCUT2D eigenvalue weighted by Gasteiger charge is 2.19. The van der Waals surface area contributed by atoms with Gasteiger partial charge in [-0.15, -0.1) is 0 Å². The van der Waals surface area contributed by atoms with Crippen molar-refractivity contribution in [3.63, 3.8) is 0 Å². The number of hydrogen-bond donors (Lipinski definition) is 6. The standard InChI is InChI=1S/C56H95ClN10O6/c1-7-9-13-23-41(3)47(68)28-17-11-15-25-43(5)53(70)61-35-21-37-67(38-22-36-62-54(71)44(6)26-16-12-18-29-48(69)42(4)24-14-10-8-2)39-40-73-46-32-30-45(31-33-46)27-19-20-34-63-56(60)66-55(72)49-51(58)65-52(59)50(57)64-49/h30-33,41-44H,7-29,34-40H2,1-6H3,(H,61,70)(H,62,71)(H4,58,59,65)(H3,60,63,66,72)/t41-,42-,43-,44-/m0/s1. The molecule has 0 unspecified atom stereocenters. The van der Waals surface area contributed by atoms with Crippen LogP contribution in [0.3, 0.4) is 0 Å². The van der Waals surface area contributed by atoms with Crippen molar-refractivity contribution in [2.45, 2.75) is 189 Å². The van der Waals surface area contributed by atoms with Gasteiger partial charge in [0, 0.05) is 62.7 Å². The van der Waals surface area contributed by atoms with Crippen LogP contribution in [0.2, 0.25) is 5.15 Å². The number of unbranched alkanes of at least 4 members (excludes halogenated alkanes) is 9. The lowest BCUT2D eigenvalue weighted by molar-refractivity contribution is -0.125. The fraction of sp³-hybridized carbons (Fsp3) is 0.714. The zero-order valence-electron chi connectivity index (χ0n) is 45.7. The molecule has 9 N–H and O–H groups in total. The maximum Gasteiger partial charge on any atom is 0.280 e. The van der Waals surface area contributed by atoms with Gasteiger partial charge in [0.2, 0.25) is 11.8 Å². The zero-order chi connectivity index (χ0) is 53.8. The van der Waals surface area contributed by atoms with Gasteiger partial charge < -0.3 is 32.6 Å². The molecule has 1 heterocycles. The van der Waals surface area contributed by atoms with Crippen molar-refractivity contribution < 1.29 is 28.7 Å². The first kappa shape index (κ1) is 64.3. The maximum atomic E-state index is 13.0. The number of amides is 3. The molecule has 16 nitrogen and oxygen atoms in total. The number of carbonyl (C=O) groups excluding carboxylic acids is 5. The Balaban J connectivity index is 1.80. The van der Waals surface area contributed by atoms with Gasteiger partial charge in [-0.3, -0.25) is 39.2 Å². The van der Waals surface area contributed by atoms with Crippen molar-refractivity contribution in [1.29, 1.82) is 0 Å². The summed E-state index contributed by atoms with van der Waals surface area (Å²) in [6.45, 7) is 16.7.